The van der Waals surface area contributed by atoms with E-state index >= 15 is 0 Å². The largest absolute Gasteiger partial charge is 0.489 e. The van der Waals surface area contributed by atoms with E-state index in [4.69, 9.17) is 9.47 Å². The van der Waals surface area contributed by atoms with Gasteiger partial charge in [-0.05, 0) is 23.3 Å². The fourth-order valence-corrected chi connectivity index (χ4v) is 4.10. The van der Waals surface area contributed by atoms with Crippen LogP contribution in [0.4, 0.5) is 4.79 Å². The molecule has 0 N–H and O–H groups in total. The van der Waals surface area contributed by atoms with Crippen LogP contribution in [0.3, 0.4) is 0 Å². The van der Waals surface area contributed by atoms with Crippen molar-refractivity contribution >= 4 is 17.2 Å². The molecule has 1 fully saturated rings. The van der Waals surface area contributed by atoms with Crippen LogP contribution in [-0.4, -0.2) is 50.2 Å². The molecule has 1 aliphatic heterocycles. The van der Waals surface area contributed by atoms with E-state index in [1.165, 1.54) is 10.8 Å². The first-order valence-electron chi connectivity index (χ1n) is 11.0. The molecule has 5 rings (SSSR count). The zero-order valence-electron chi connectivity index (χ0n) is 19.0. The van der Waals surface area contributed by atoms with Crippen LogP contribution in [-0.2, 0) is 25.0 Å². The van der Waals surface area contributed by atoms with Crippen LogP contribution in [0.5, 0.6) is 5.75 Å². The van der Waals surface area contributed by atoms with E-state index in [1.807, 2.05) is 54.6 Å². The van der Waals surface area contributed by atoms with Crippen LogP contribution in [0.2, 0.25) is 0 Å². The number of imidazole rings is 1. The Labute approximate surface area is 196 Å². The first kappa shape index (κ1) is 21.8. The predicted octanol–water partition coefficient (Wildman–Crippen LogP) is 2.92. The summed E-state index contributed by atoms with van der Waals surface area (Å²) in [6.45, 7) is 1.82. The summed E-state index contributed by atoms with van der Waals surface area (Å²) in [6, 6.07) is 17.6. The van der Waals surface area contributed by atoms with E-state index < -0.39 is 5.69 Å². The van der Waals surface area contributed by atoms with Gasteiger partial charge in [-0.1, -0.05) is 42.5 Å². The van der Waals surface area contributed by atoms with Gasteiger partial charge in [0, 0.05) is 33.2 Å². The normalized spacial score (nSPS) is 13.8. The molecule has 2 aromatic heterocycles. The highest BCUT2D eigenvalue weighted by Crippen LogP contribution is 2.29. The Morgan fingerprint density at radius 1 is 1.06 bits per heavy atom. The number of hydrogen-bond donors (Lipinski definition) is 0. The van der Waals surface area contributed by atoms with Crippen molar-refractivity contribution in [2.75, 3.05) is 20.2 Å². The molecule has 0 unspecified atom stereocenters. The van der Waals surface area contributed by atoms with Crippen LogP contribution < -0.4 is 10.4 Å². The minimum absolute atomic E-state index is 0.211. The lowest BCUT2D eigenvalue weighted by Gasteiger charge is -2.39. The van der Waals surface area contributed by atoms with Crippen molar-refractivity contribution in [1.82, 2.24) is 24.0 Å². The highest BCUT2D eigenvalue weighted by molar-refractivity contribution is 5.88. The maximum absolute atomic E-state index is 13.1. The second kappa shape index (κ2) is 9.11. The first-order valence-corrected chi connectivity index (χ1v) is 11.0. The average molecular weight is 460 g/mol. The fourth-order valence-electron chi connectivity index (χ4n) is 4.10. The number of benzene rings is 2. The summed E-state index contributed by atoms with van der Waals surface area (Å²) >= 11 is 0. The third kappa shape index (κ3) is 4.06. The summed E-state index contributed by atoms with van der Waals surface area (Å²) in [5, 5.41) is 0. The Balaban J connectivity index is 1.24. The number of aromatic nitrogens is 4. The Morgan fingerprint density at radius 2 is 1.79 bits per heavy atom. The van der Waals surface area contributed by atoms with Crippen molar-refractivity contribution in [2.24, 2.45) is 7.05 Å². The van der Waals surface area contributed by atoms with Crippen molar-refractivity contribution in [3.8, 4) is 5.75 Å². The van der Waals surface area contributed by atoms with Gasteiger partial charge in [-0.3, -0.25) is 4.57 Å². The van der Waals surface area contributed by atoms with E-state index in [1.54, 1.807) is 19.1 Å². The minimum Gasteiger partial charge on any atom is -0.489 e. The fraction of sp³-hybridized carbons (Fsp3) is 0.280. The van der Waals surface area contributed by atoms with Gasteiger partial charge in [-0.25, -0.2) is 24.1 Å². The zero-order chi connectivity index (χ0) is 23.7. The van der Waals surface area contributed by atoms with Gasteiger partial charge in [-0.2, -0.15) is 0 Å². The number of nitrogens with zero attached hydrogens (tertiary/aromatic N) is 5. The molecule has 0 atom stereocenters. The van der Waals surface area contributed by atoms with Crippen molar-refractivity contribution < 1.29 is 14.3 Å². The van der Waals surface area contributed by atoms with Crippen LogP contribution >= 0.6 is 0 Å². The number of fused-ring (bicyclic) bond motifs is 1. The molecule has 2 aromatic carbocycles. The third-order valence-electron chi connectivity index (χ3n) is 6.05. The van der Waals surface area contributed by atoms with Gasteiger partial charge >= 0.3 is 11.7 Å². The van der Waals surface area contributed by atoms with Gasteiger partial charge in [0.15, 0.2) is 11.5 Å². The van der Waals surface area contributed by atoms with E-state index in [-0.39, 0.29) is 18.6 Å². The van der Waals surface area contributed by atoms with Gasteiger partial charge in [0.2, 0.25) is 0 Å². The number of rotatable bonds is 6. The van der Waals surface area contributed by atoms with Crippen molar-refractivity contribution in [3.63, 3.8) is 0 Å². The summed E-state index contributed by atoms with van der Waals surface area (Å²) < 4.78 is 13.4. The Morgan fingerprint density at radius 3 is 2.50 bits per heavy atom. The second-order valence-electron chi connectivity index (χ2n) is 8.33. The molecule has 9 nitrogen and oxygen atoms in total. The molecule has 1 saturated heterocycles. The van der Waals surface area contributed by atoms with Crippen molar-refractivity contribution in [1.29, 1.82) is 0 Å². The molecule has 0 radical (unpaired) electrons. The Hall–Kier alpha value is -3.98. The van der Waals surface area contributed by atoms with Gasteiger partial charge in [-0.15, -0.1) is 0 Å². The van der Waals surface area contributed by atoms with Crippen LogP contribution in [0.1, 0.15) is 22.9 Å². The summed E-state index contributed by atoms with van der Waals surface area (Å²) in [5.74, 6) is 1.47. The second-order valence-corrected chi connectivity index (χ2v) is 8.33. The Kier molecular flexibility index (Phi) is 5.85. The lowest BCUT2D eigenvalue weighted by molar-refractivity contribution is 0.152. The maximum atomic E-state index is 13.1. The molecule has 1 amide bonds. The SMILES string of the molecule is COCc1ncc2c(n1)n(C)c(=O)n2C(=O)N1CC(c2ccc(OCc3ccccc3)cc2)C1. The quantitative estimate of drug-likeness (QED) is 0.440. The first-order chi connectivity index (χ1) is 16.5. The molecule has 0 bridgehead atoms. The molecule has 3 heterocycles. The summed E-state index contributed by atoms with van der Waals surface area (Å²) in [5.41, 5.74) is 2.61. The van der Waals surface area contributed by atoms with Crippen molar-refractivity contribution in [3.05, 3.63) is 88.2 Å². The summed E-state index contributed by atoms with van der Waals surface area (Å²) in [7, 11) is 3.14. The molecular weight excluding hydrogens is 434 g/mol. The van der Waals surface area contributed by atoms with Crippen molar-refractivity contribution in [2.45, 2.75) is 19.1 Å². The lowest BCUT2D eigenvalue weighted by atomic mass is 9.92. The molecule has 34 heavy (non-hydrogen) atoms. The van der Waals surface area contributed by atoms with E-state index in [0.29, 0.717) is 36.7 Å². The highest BCUT2D eigenvalue weighted by Gasteiger charge is 2.34. The average Bonchev–Trinajstić information content (AvgIpc) is 3.08. The molecule has 0 spiro atoms. The molecule has 9 heteroatoms. The number of carbonyl (C=O) groups excluding carboxylic acids is 1. The van der Waals surface area contributed by atoms with Gasteiger partial charge in [0.05, 0.1) is 6.20 Å². The zero-order valence-corrected chi connectivity index (χ0v) is 19.0. The number of hydrogen-bond acceptors (Lipinski definition) is 6. The number of amides is 1. The number of likely N-dealkylation sites (tertiary alicyclic amines) is 1. The van der Waals surface area contributed by atoms with Gasteiger partial charge in [0.25, 0.3) is 0 Å². The molecule has 0 saturated carbocycles. The Bertz CT molecular complexity index is 1370. The summed E-state index contributed by atoms with van der Waals surface area (Å²) in [6.07, 6.45) is 1.50. The maximum Gasteiger partial charge on any atom is 0.338 e. The molecular formula is C25H25N5O4. The number of aryl methyl sites for hydroxylation is 1. The molecule has 1 aliphatic rings. The van der Waals surface area contributed by atoms with Crippen LogP contribution in [0.25, 0.3) is 11.2 Å². The van der Waals surface area contributed by atoms with Crippen LogP contribution in [0, 0.1) is 0 Å². The van der Waals surface area contributed by atoms with E-state index in [0.717, 1.165) is 21.4 Å². The third-order valence-corrected chi connectivity index (χ3v) is 6.05. The summed E-state index contributed by atoms with van der Waals surface area (Å²) in [4.78, 5) is 36.1. The number of ether oxygens (including phenoxy) is 2. The van der Waals surface area contributed by atoms with E-state index in [2.05, 4.69) is 9.97 Å². The van der Waals surface area contributed by atoms with Gasteiger partial charge in [0.1, 0.15) is 24.5 Å². The van der Waals surface area contributed by atoms with Gasteiger partial charge < -0.3 is 14.4 Å². The predicted molar refractivity (Wildman–Crippen MR) is 126 cm³/mol. The number of carbonyl (C=O) groups is 1. The van der Waals surface area contributed by atoms with Crippen LogP contribution in [0.15, 0.2) is 65.6 Å². The standard InChI is InChI=1S/C25H25N5O4/c1-28-23-21(12-26-22(27-23)16-33-2)30(24(28)31)25(32)29-13-19(14-29)18-8-10-20(11-9-18)34-15-17-6-4-3-5-7-17/h3-12,19H,13-16H2,1-2H3. The minimum atomic E-state index is -0.438. The molecule has 4 aromatic rings. The lowest BCUT2D eigenvalue weighted by Crippen LogP contribution is -2.51. The molecule has 174 valence electrons. The highest BCUT2D eigenvalue weighted by atomic mass is 16.5. The topological polar surface area (TPSA) is 91.5 Å². The number of methoxy groups -OCH3 is 1. The smallest absolute Gasteiger partial charge is 0.338 e. The van der Waals surface area contributed by atoms with E-state index in [9.17, 15) is 9.59 Å². The monoisotopic (exact) mass is 459 g/mol. The molecule has 0 aliphatic carbocycles.